The molecule has 32 heavy (non-hydrogen) atoms. The van der Waals surface area contributed by atoms with Crippen LogP contribution in [0.4, 0.5) is 15.9 Å². The van der Waals surface area contributed by atoms with Gasteiger partial charge in [-0.2, -0.15) is 0 Å². The number of carbonyl (C=O) groups is 1. The largest absolute Gasteiger partial charge is 0.368 e. The molecule has 0 N–H and O–H groups in total. The number of rotatable bonds is 4. The Bertz CT molecular complexity index is 1110. The van der Waals surface area contributed by atoms with Crippen LogP contribution in [-0.2, 0) is 4.79 Å². The maximum Gasteiger partial charge on any atom is 0.229 e. The summed E-state index contributed by atoms with van der Waals surface area (Å²) in [5.41, 5.74) is 2.81. The van der Waals surface area contributed by atoms with Crippen LogP contribution in [0.25, 0.3) is 11.3 Å². The predicted octanol–water partition coefficient (Wildman–Crippen LogP) is 3.72. The molecule has 2 saturated heterocycles. The van der Waals surface area contributed by atoms with Gasteiger partial charge in [0.05, 0.1) is 16.6 Å². The Kier molecular flexibility index (Phi) is 5.66. The summed E-state index contributed by atoms with van der Waals surface area (Å²) in [6.45, 7) is 4.04. The highest BCUT2D eigenvalue weighted by molar-refractivity contribution is 6.31. The van der Waals surface area contributed by atoms with Gasteiger partial charge in [0, 0.05) is 56.6 Å². The van der Waals surface area contributed by atoms with Crippen LogP contribution in [0.2, 0.25) is 5.02 Å². The molecule has 2 fully saturated rings. The topological polar surface area (TPSA) is 52.6 Å². The maximum atomic E-state index is 13.4. The lowest BCUT2D eigenvalue weighted by molar-refractivity contribution is -0.136. The molecule has 2 aliphatic heterocycles. The Hall–Kier alpha value is -3.19. The minimum absolute atomic E-state index is 0.0167. The Balaban J connectivity index is 1.16. The van der Waals surface area contributed by atoms with Gasteiger partial charge in [0.2, 0.25) is 5.91 Å². The summed E-state index contributed by atoms with van der Waals surface area (Å²) in [6.07, 6.45) is 1.58. The van der Waals surface area contributed by atoms with Gasteiger partial charge in [-0.05, 0) is 18.2 Å². The van der Waals surface area contributed by atoms with Gasteiger partial charge in [-0.3, -0.25) is 4.79 Å². The second-order valence-electron chi connectivity index (χ2n) is 8.14. The molecule has 6 nitrogen and oxygen atoms in total. The number of hydrogen-bond acceptors (Lipinski definition) is 5. The van der Waals surface area contributed by atoms with Crippen LogP contribution in [0, 0.1) is 11.7 Å². The number of nitrogens with zero attached hydrogens (tertiary/aromatic N) is 5. The highest BCUT2D eigenvalue weighted by Crippen LogP contribution is 2.28. The molecule has 0 unspecified atom stereocenters. The molecule has 5 rings (SSSR count). The molecule has 0 atom stereocenters. The van der Waals surface area contributed by atoms with Gasteiger partial charge < -0.3 is 14.7 Å². The third kappa shape index (κ3) is 4.12. The summed E-state index contributed by atoms with van der Waals surface area (Å²) in [5, 5.41) is 0.121. The van der Waals surface area contributed by atoms with Crippen molar-refractivity contribution in [3.05, 3.63) is 71.8 Å². The van der Waals surface area contributed by atoms with E-state index >= 15 is 0 Å². The van der Waals surface area contributed by atoms with Gasteiger partial charge in [0.15, 0.2) is 0 Å². The summed E-state index contributed by atoms with van der Waals surface area (Å²) < 4.78 is 13.4. The fourth-order valence-corrected chi connectivity index (χ4v) is 4.41. The van der Waals surface area contributed by atoms with Gasteiger partial charge in [-0.1, -0.05) is 41.9 Å². The zero-order valence-corrected chi connectivity index (χ0v) is 18.2. The molecule has 1 aromatic heterocycles. The van der Waals surface area contributed by atoms with Crippen LogP contribution in [0.1, 0.15) is 0 Å². The van der Waals surface area contributed by atoms with Crippen molar-refractivity contribution in [1.82, 2.24) is 14.9 Å². The van der Waals surface area contributed by atoms with E-state index in [0.717, 1.165) is 22.8 Å². The quantitative estimate of drug-likeness (QED) is 0.605. The lowest BCUT2D eigenvalue weighted by Gasteiger charge is -2.43. The standard InChI is InChI=1S/C24H23ClFN5O/c25-20-12-19(6-7-21(20)26)29-8-10-30(11-9-29)24(32)18-14-31(15-18)23-13-22(27-16-28-23)17-4-2-1-3-5-17/h1-7,12-13,16,18H,8-11,14-15H2. The number of carbonyl (C=O) groups excluding carboxylic acids is 1. The van der Waals surface area contributed by atoms with Crippen molar-refractivity contribution in [3.8, 4) is 11.3 Å². The normalized spacial score (nSPS) is 16.8. The average molecular weight is 452 g/mol. The molecule has 3 heterocycles. The molecule has 0 spiro atoms. The summed E-state index contributed by atoms with van der Waals surface area (Å²) in [5.74, 6) is 0.603. The van der Waals surface area contributed by atoms with Crippen molar-refractivity contribution in [2.24, 2.45) is 5.92 Å². The first-order valence-electron chi connectivity index (χ1n) is 10.7. The van der Waals surface area contributed by atoms with Crippen LogP contribution in [-0.4, -0.2) is 60.0 Å². The zero-order valence-electron chi connectivity index (χ0n) is 17.5. The third-order valence-electron chi connectivity index (χ3n) is 6.14. The van der Waals surface area contributed by atoms with E-state index in [1.54, 1.807) is 18.5 Å². The Labute approximate surface area is 191 Å². The Morgan fingerprint density at radius 2 is 1.69 bits per heavy atom. The number of benzene rings is 2. The van der Waals surface area contributed by atoms with Crippen molar-refractivity contribution >= 4 is 29.0 Å². The minimum atomic E-state index is -0.418. The van der Waals surface area contributed by atoms with E-state index in [1.165, 1.54) is 6.07 Å². The smallest absolute Gasteiger partial charge is 0.229 e. The number of piperazine rings is 1. The number of hydrogen-bond donors (Lipinski definition) is 0. The van der Waals surface area contributed by atoms with E-state index in [1.807, 2.05) is 41.3 Å². The van der Waals surface area contributed by atoms with E-state index in [2.05, 4.69) is 19.8 Å². The third-order valence-corrected chi connectivity index (χ3v) is 6.43. The predicted molar refractivity (Wildman–Crippen MR) is 123 cm³/mol. The van der Waals surface area contributed by atoms with Crippen molar-refractivity contribution in [2.75, 3.05) is 49.1 Å². The van der Waals surface area contributed by atoms with Gasteiger partial charge in [0.1, 0.15) is 18.0 Å². The maximum absolute atomic E-state index is 13.4. The van der Waals surface area contributed by atoms with Crippen LogP contribution >= 0.6 is 11.6 Å². The van der Waals surface area contributed by atoms with E-state index in [9.17, 15) is 9.18 Å². The minimum Gasteiger partial charge on any atom is -0.368 e. The molecule has 164 valence electrons. The Morgan fingerprint density at radius 1 is 0.938 bits per heavy atom. The van der Waals surface area contributed by atoms with Crippen LogP contribution < -0.4 is 9.80 Å². The summed E-state index contributed by atoms with van der Waals surface area (Å²) in [6, 6.07) is 16.7. The van der Waals surface area contributed by atoms with Crippen LogP contribution in [0.15, 0.2) is 60.9 Å². The van der Waals surface area contributed by atoms with Gasteiger partial charge in [-0.25, -0.2) is 14.4 Å². The monoisotopic (exact) mass is 451 g/mol. The Morgan fingerprint density at radius 3 is 2.41 bits per heavy atom. The highest BCUT2D eigenvalue weighted by Gasteiger charge is 2.37. The molecule has 3 aromatic rings. The molecular formula is C24H23ClFN5O. The molecular weight excluding hydrogens is 429 g/mol. The van der Waals surface area contributed by atoms with Crippen molar-refractivity contribution < 1.29 is 9.18 Å². The van der Waals surface area contributed by atoms with Crippen LogP contribution in [0.3, 0.4) is 0 Å². The number of anilines is 2. The number of halogens is 2. The van der Waals surface area contributed by atoms with E-state index < -0.39 is 5.82 Å². The van der Waals surface area contributed by atoms with Gasteiger partial charge in [-0.15, -0.1) is 0 Å². The number of aromatic nitrogens is 2. The molecule has 0 radical (unpaired) electrons. The lowest BCUT2D eigenvalue weighted by atomic mass is 9.97. The highest BCUT2D eigenvalue weighted by atomic mass is 35.5. The van der Waals surface area contributed by atoms with Crippen molar-refractivity contribution in [1.29, 1.82) is 0 Å². The second kappa shape index (κ2) is 8.74. The molecule has 0 aliphatic carbocycles. The summed E-state index contributed by atoms with van der Waals surface area (Å²) in [4.78, 5) is 27.9. The van der Waals surface area contributed by atoms with Crippen molar-refractivity contribution in [3.63, 3.8) is 0 Å². The van der Waals surface area contributed by atoms with E-state index in [0.29, 0.717) is 39.3 Å². The molecule has 2 aliphatic rings. The fraction of sp³-hybridized carbons (Fsp3) is 0.292. The molecule has 0 bridgehead atoms. The average Bonchev–Trinajstić information content (AvgIpc) is 2.81. The van der Waals surface area contributed by atoms with E-state index in [4.69, 9.17) is 11.6 Å². The van der Waals surface area contributed by atoms with E-state index in [-0.39, 0.29) is 16.8 Å². The molecule has 8 heteroatoms. The molecule has 0 saturated carbocycles. The van der Waals surface area contributed by atoms with Crippen LogP contribution in [0.5, 0.6) is 0 Å². The lowest BCUT2D eigenvalue weighted by Crippen LogP contribution is -2.58. The fourth-order valence-electron chi connectivity index (χ4n) is 4.23. The van der Waals surface area contributed by atoms with Crippen molar-refractivity contribution in [2.45, 2.75) is 0 Å². The second-order valence-corrected chi connectivity index (χ2v) is 8.55. The first-order chi connectivity index (χ1) is 15.6. The first-order valence-corrected chi connectivity index (χ1v) is 11.1. The first kappa shape index (κ1) is 20.7. The number of amides is 1. The summed E-state index contributed by atoms with van der Waals surface area (Å²) in [7, 11) is 0. The van der Waals surface area contributed by atoms with Gasteiger partial charge in [0.25, 0.3) is 0 Å². The summed E-state index contributed by atoms with van der Waals surface area (Å²) >= 11 is 5.91. The molecule has 2 aromatic carbocycles. The van der Waals surface area contributed by atoms with Gasteiger partial charge >= 0.3 is 0 Å². The SMILES string of the molecule is O=C(C1CN(c2cc(-c3ccccc3)ncn2)C1)N1CCN(c2ccc(F)c(Cl)c2)CC1. The zero-order chi connectivity index (χ0) is 22.1. The molecule has 1 amide bonds.